The molecule has 0 saturated heterocycles. The van der Waals surface area contributed by atoms with Crippen molar-refractivity contribution >= 4 is 39.4 Å². The van der Waals surface area contributed by atoms with Gasteiger partial charge in [-0.3, -0.25) is 9.79 Å². The van der Waals surface area contributed by atoms with Crippen molar-refractivity contribution in [3.8, 4) is 0 Å². The first-order valence-corrected chi connectivity index (χ1v) is 9.21. The van der Waals surface area contributed by atoms with Crippen LogP contribution in [0.1, 0.15) is 31.5 Å². The van der Waals surface area contributed by atoms with Gasteiger partial charge < -0.3 is 10.3 Å². The summed E-state index contributed by atoms with van der Waals surface area (Å²) in [5.41, 5.74) is 0.520. The van der Waals surface area contributed by atoms with Crippen LogP contribution in [-0.2, 0) is 5.75 Å². The number of aliphatic imine (C=N–C) groups is 1. The number of H-pyrrole nitrogens is 1. The van der Waals surface area contributed by atoms with Gasteiger partial charge in [-0.1, -0.05) is 36.2 Å². The molecule has 1 fully saturated rings. The zero-order valence-electron chi connectivity index (χ0n) is 12.5. The molecule has 5 nitrogen and oxygen atoms in total. The van der Waals surface area contributed by atoms with Gasteiger partial charge in [0.1, 0.15) is 5.82 Å². The molecule has 1 aromatic heterocycles. The second-order valence-electron chi connectivity index (χ2n) is 6.00. The fraction of sp³-hybridized carbons (Fsp3) is 0.438. The number of thioether (sulfide) groups is 1. The van der Waals surface area contributed by atoms with E-state index in [0.717, 1.165) is 5.17 Å². The Balaban J connectivity index is 1.50. The van der Waals surface area contributed by atoms with Gasteiger partial charge in [0, 0.05) is 5.02 Å². The topological polar surface area (TPSA) is 70.1 Å². The number of halogens is 1. The molecule has 2 aliphatic rings. The molecule has 0 bridgehead atoms. The number of aromatic amines is 1. The maximum Gasteiger partial charge on any atom is 0.258 e. The van der Waals surface area contributed by atoms with Crippen LogP contribution in [-0.4, -0.2) is 27.2 Å². The van der Waals surface area contributed by atoms with Crippen LogP contribution in [0.5, 0.6) is 0 Å². The van der Waals surface area contributed by atoms with Crippen LogP contribution in [0.2, 0.25) is 5.02 Å². The van der Waals surface area contributed by atoms with Crippen LogP contribution >= 0.6 is 23.4 Å². The molecule has 4 rings (SSSR count). The summed E-state index contributed by atoms with van der Waals surface area (Å²) in [6.07, 6.45) is 4.92. The Hall–Kier alpha value is -1.53. The molecule has 0 radical (unpaired) electrons. The minimum atomic E-state index is -0.150. The fourth-order valence-electron chi connectivity index (χ4n) is 3.22. The normalized spacial score (nSPS) is 23.4. The number of nitrogens with one attached hydrogen (secondary N) is 2. The molecule has 1 aliphatic carbocycles. The molecule has 0 amide bonds. The van der Waals surface area contributed by atoms with Crippen molar-refractivity contribution in [2.45, 2.75) is 43.5 Å². The van der Waals surface area contributed by atoms with E-state index in [1.807, 2.05) is 0 Å². The Labute approximate surface area is 142 Å². The average Bonchev–Trinajstić information content (AvgIpc) is 2.96. The second kappa shape index (κ2) is 6.17. The first-order chi connectivity index (χ1) is 11.2. The maximum absolute atomic E-state index is 12.1. The number of aromatic nitrogens is 2. The lowest BCUT2D eigenvalue weighted by molar-refractivity contribution is 0.385. The average molecular weight is 349 g/mol. The van der Waals surface area contributed by atoms with E-state index < -0.39 is 0 Å². The summed E-state index contributed by atoms with van der Waals surface area (Å²) in [5.74, 6) is 1.26. The number of fused-ring (bicyclic) bond motifs is 2. The van der Waals surface area contributed by atoms with Crippen LogP contribution in [0.4, 0.5) is 0 Å². The predicted octanol–water partition coefficient (Wildman–Crippen LogP) is 3.08. The van der Waals surface area contributed by atoms with E-state index >= 15 is 0 Å². The molecule has 23 heavy (non-hydrogen) atoms. The molecule has 0 unspecified atom stereocenters. The van der Waals surface area contributed by atoms with E-state index in [4.69, 9.17) is 16.6 Å². The third-order valence-electron chi connectivity index (χ3n) is 4.38. The third kappa shape index (κ3) is 3.10. The molecule has 2 N–H and O–H groups in total. The highest BCUT2D eigenvalue weighted by atomic mass is 35.5. The molecular weight excluding hydrogens is 332 g/mol. The Morgan fingerprint density at radius 2 is 2.17 bits per heavy atom. The van der Waals surface area contributed by atoms with Crippen molar-refractivity contribution in [1.29, 1.82) is 0 Å². The monoisotopic (exact) mass is 348 g/mol. The van der Waals surface area contributed by atoms with Crippen molar-refractivity contribution in [3.63, 3.8) is 0 Å². The summed E-state index contributed by atoms with van der Waals surface area (Å²) in [6.45, 7) is 0. The molecule has 2 aromatic rings. The summed E-state index contributed by atoms with van der Waals surface area (Å²) in [4.78, 5) is 24.2. The van der Waals surface area contributed by atoms with Gasteiger partial charge in [-0.25, -0.2) is 4.98 Å². The molecule has 7 heteroatoms. The SMILES string of the molecule is O=c1[nH]c(CSC2=N[C@@H]3CCCC[C@H]3N2)nc2ccc(Cl)cc12. The summed E-state index contributed by atoms with van der Waals surface area (Å²) < 4.78 is 0. The number of hydrogen-bond donors (Lipinski definition) is 2. The molecule has 0 spiro atoms. The predicted molar refractivity (Wildman–Crippen MR) is 95.3 cm³/mol. The Morgan fingerprint density at radius 1 is 1.30 bits per heavy atom. The highest BCUT2D eigenvalue weighted by Gasteiger charge is 2.30. The van der Waals surface area contributed by atoms with E-state index in [2.05, 4.69) is 15.3 Å². The smallest absolute Gasteiger partial charge is 0.258 e. The van der Waals surface area contributed by atoms with Gasteiger partial charge in [-0.05, 0) is 31.0 Å². The lowest BCUT2D eigenvalue weighted by Crippen LogP contribution is -2.36. The van der Waals surface area contributed by atoms with E-state index in [0.29, 0.717) is 39.6 Å². The molecule has 2 heterocycles. The van der Waals surface area contributed by atoms with E-state index in [1.165, 1.54) is 25.7 Å². The maximum atomic E-state index is 12.1. The van der Waals surface area contributed by atoms with E-state index in [9.17, 15) is 4.79 Å². The first kappa shape index (κ1) is 15.0. The lowest BCUT2D eigenvalue weighted by Gasteiger charge is -2.23. The standard InChI is InChI=1S/C16H17ClN4OS/c17-9-5-6-11-10(7-9)15(22)21-14(18-11)8-23-16-19-12-3-1-2-4-13(12)20-16/h5-7,12-13H,1-4,8H2,(H,19,20)(H,18,21,22)/t12-,13-/m1/s1. The van der Waals surface area contributed by atoms with Crippen LogP contribution in [0.3, 0.4) is 0 Å². The van der Waals surface area contributed by atoms with E-state index in [-0.39, 0.29) is 5.56 Å². The first-order valence-electron chi connectivity index (χ1n) is 7.85. The highest BCUT2D eigenvalue weighted by molar-refractivity contribution is 8.13. The molecule has 1 aromatic carbocycles. The number of rotatable bonds is 2. The largest absolute Gasteiger partial charge is 0.360 e. The molecule has 2 atom stereocenters. The summed E-state index contributed by atoms with van der Waals surface area (Å²) in [5, 5.41) is 5.53. The van der Waals surface area contributed by atoms with Crippen molar-refractivity contribution < 1.29 is 0 Å². The molecule has 120 valence electrons. The third-order valence-corrected chi connectivity index (χ3v) is 5.53. The minimum Gasteiger partial charge on any atom is -0.360 e. The quantitative estimate of drug-likeness (QED) is 0.875. The van der Waals surface area contributed by atoms with Gasteiger partial charge in [-0.2, -0.15) is 0 Å². The second-order valence-corrected chi connectivity index (χ2v) is 7.40. The van der Waals surface area contributed by atoms with Gasteiger partial charge in [0.2, 0.25) is 0 Å². The number of nitrogens with zero attached hydrogens (tertiary/aromatic N) is 2. The van der Waals surface area contributed by atoms with Crippen molar-refractivity contribution in [1.82, 2.24) is 15.3 Å². The molecule has 1 saturated carbocycles. The van der Waals surface area contributed by atoms with Crippen LogP contribution in [0.15, 0.2) is 28.0 Å². The van der Waals surface area contributed by atoms with E-state index in [1.54, 1.807) is 30.0 Å². The molecular formula is C16H17ClN4OS. The van der Waals surface area contributed by atoms with Crippen LogP contribution < -0.4 is 10.9 Å². The Kier molecular flexibility index (Phi) is 4.03. The zero-order chi connectivity index (χ0) is 15.8. The van der Waals surface area contributed by atoms with Gasteiger partial charge in [0.05, 0.1) is 28.7 Å². The molecule has 1 aliphatic heterocycles. The van der Waals surface area contributed by atoms with Crippen molar-refractivity contribution in [2.24, 2.45) is 4.99 Å². The fourth-order valence-corrected chi connectivity index (χ4v) is 4.25. The van der Waals surface area contributed by atoms with Crippen LogP contribution in [0.25, 0.3) is 10.9 Å². The van der Waals surface area contributed by atoms with Crippen LogP contribution in [0, 0.1) is 0 Å². The Morgan fingerprint density at radius 3 is 3.04 bits per heavy atom. The van der Waals surface area contributed by atoms with Gasteiger partial charge in [0.25, 0.3) is 5.56 Å². The van der Waals surface area contributed by atoms with Crippen molar-refractivity contribution in [2.75, 3.05) is 0 Å². The Bertz CT molecular complexity index is 834. The lowest BCUT2D eigenvalue weighted by atomic mass is 9.92. The summed E-state index contributed by atoms with van der Waals surface area (Å²) in [7, 11) is 0. The zero-order valence-corrected chi connectivity index (χ0v) is 14.1. The number of hydrogen-bond acceptors (Lipinski definition) is 5. The number of benzene rings is 1. The van der Waals surface area contributed by atoms with Gasteiger partial charge >= 0.3 is 0 Å². The number of amidine groups is 1. The minimum absolute atomic E-state index is 0.150. The van der Waals surface area contributed by atoms with Crippen molar-refractivity contribution in [3.05, 3.63) is 39.4 Å². The highest BCUT2D eigenvalue weighted by Crippen LogP contribution is 2.27. The van der Waals surface area contributed by atoms with Gasteiger partial charge in [0.15, 0.2) is 5.17 Å². The van der Waals surface area contributed by atoms with Gasteiger partial charge in [-0.15, -0.1) is 0 Å². The summed E-state index contributed by atoms with van der Waals surface area (Å²) >= 11 is 7.53. The summed E-state index contributed by atoms with van der Waals surface area (Å²) in [6, 6.07) is 6.10.